The molecule has 0 saturated carbocycles. The number of aromatic nitrogens is 2. The molecule has 1 atom stereocenters. The number of anilines is 1. The summed E-state index contributed by atoms with van der Waals surface area (Å²) in [5.74, 6) is 1.07. The van der Waals surface area contributed by atoms with Crippen LogP contribution in [0.25, 0.3) is 11.5 Å². The molecule has 0 saturated heterocycles. The Morgan fingerprint density at radius 2 is 1.91 bits per heavy atom. The minimum Gasteiger partial charge on any atom is -0.493 e. The van der Waals surface area contributed by atoms with Crippen molar-refractivity contribution in [2.75, 3.05) is 18.6 Å². The highest BCUT2D eigenvalue weighted by Crippen LogP contribution is 2.46. The SMILES string of the molecule is CCOc1ccccc1-c1nnc(SC(C)C(=O)/C=C2/N(C)c3ccccc3C2(C)C)o1. The monoisotopic (exact) mass is 449 g/mol. The van der Waals surface area contributed by atoms with Crippen molar-refractivity contribution in [1.82, 2.24) is 10.2 Å². The number of thioether (sulfide) groups is 1. The predicted molar refractivity (Wildman–Crippen MR) is 127 cm³/mol. The van der Waals surface area contributed by atoms with E-state index in [9.17, 15) is 4.79 Å². The normalized spacial score (nSPS) is 16.8. The first-order valence-corrected chi connectivity index (χ1v) is 11.5. The number of ether oxygens (including phenoxy) is 1. The molecule has 0 radical (unpaired) electrons. The van der Waals surface area contributed by atoms with Crippen LogP contribution in [0.15, 0.2) is 69.9 Å². The van der Waals surface area contributed by atoms with Gasteiger partial charge in [-0.1, -0.05) is 55.9 Å². The van der Waals surface area contributed by atoms with Gasteiger partial charge in [0.25, 0.3) is 11.1 Å². The number of allylic oxidation sites excluding steroid dienone is 2. The van der Waals surface area contributed by atoms with E-state index in [1.54, 1.807) is 6.08 Å². The van der Waals surface area contributed by atoms with Crippen LogP contribution in [-0.2, 0) is 10.2 Å². The highest BCUT2D eigenvalue weighted by Gasteiger charge is 2.38. The molecule has 0 bridgehead atoms. The maximum atomic E-state index is 13.1. The van der Waals surface area contributed by atoms with Gasteiger partial charge >= 0.3 is 0 Å². The number of carbonyl (C=O) groups excluding carboxylic acids is 1. The standard InChI is InChI=1S/C25H27N3O3S/c1-6-30-21-14-10-7-11-17(21)23-26-27-24(31-23)32-16(2)20(29)15-22-25(3,4)18-12-8-9-13-19(18)28(22)5/h7-16H,6H2,1-5H3/b22-15+. The molecule has 0 amide bonds. The van der Waals surface area contributed by atoms with E-state index >= 15 is 0 Å². The first-order valence-electron chi connectivity index (χ1n) is 10.6. The molecular formula is C25H27N3O3S. The lowest BCUT2D eigenvalue weighted by atomic mass is 9.83. The molecule has 32 heavy (non-hydrogen) atoms. The zero-order chi connectivity index (χ0) is 22.9. The Morgan fingerprint density at radius 3 is 2.66 bits per heavy atom. The van der Waals surface area contributed by atoms with Gasteiger partial charge in [0, 0.05) is 29.9 Å². The number of benzene rings is 2. The van der Waals surface area contributed by atoms with Crippen molar-refractivity contribution in [3.8, 4) is 17.2 Å². The molecule has 0 N–H and O–H groups in total. The van der Waals surface area contributed by atoms with E-state index in [4.69, 9.17) is 9.15 Å². The minimum atomic E-state index is -0.370. The van der Waals surface area contributed by atoms with Gasteiger partial charge in [-0.3, -0.25) is 4.79 Å². The maximum absolute atomic E-state index is 13.1. The van der Waals surface area contributed by atoms with Crippen LogP contribution in [0.4, 0.5) is 5.69 Å². The van der Waals surface area contributed by atoms with E-state index in [1.807, 2.05) is 57.3 Å². The Kier molecular flexibility index (Phi) is 6.11. The number of likely N-dealkylation sites (N-methyl/N-ethyl adjacent to an activating group) is 1. The average molecular weight is 450 g/mol. The molecule has 0 spiro atoms. The second kappa shape index (κ2) is 8.82. The van der Waals surface area contributed by atoms with Crippen LogP contribution in [0.2, 0.25) is 0 Å². The summed E-state index contributed by atoms with van der Waals surface area (Å²) in [6.45, 7) is 8.62. The third-order valence-electron chi connectivity index (χ3n) is 5.72. The van der Waals surface area contributed by atoms with Crippen LogP contribution < -0.4 is 9.64 Å². The van der Waals surface area contributed by atoms with Crippen LogP contribution in [-0.4, -0.2) is 34.9 Å². The lowest BCUT2D eigenvalue weighted by Gasteiger charge is -2.24. The summed E-state index contributed by atoms with van der Waals surface area (Å²) in [5, 5.41) is 8.27. The Morgan fingerprint density at radius 1 is 1.19 bits per heavy atom. The first-order chi connectivity index (χ1) is 15.3. The number of carbonyl (C=O) groups is 1. The quantitative estimate of drug-likeness (QED) is 0.349. The third kappa shape index (κ3) is 4.05. The lowest BCUT2D eigenvalue weighted by molar-refractivity contribution is -0.114. The number of hydrogen-bond acceptors (Lipinski definition) is 7. The molecule has 1 aliphatic heterocycles. The van der Waals surface area contributed by atoms with E-state index < -0.39 is 0 Å². The summed E-state index contributed by atoms with van der Waals surface area (Å²) >= 11 is 1.26. The van der Waals surface area contributed by atoms with Gasteiger partial charge in [-0.2, -0.15) is 0 Å². The predicted octanol–water partition coefficient (Wildman–Crippen LogP) is 5.50. The van der Waals surface area contributed by atoms with Crippen LogP contribution in [0.5, 0.6) is 5.75 Å². The number of para-hydroxylation sites is 2. The van der Waals surface area contributed by atoms with Gasteiger partial charge in [0.05, 0.1) is 17.4 Å². The van der Waals surface area contributed by atoms with Crippen molar-refractivity contribution in [1.29, 1.82) is 0 Å². The van der Waals surface area contributed by atoms with Crippen molar-refractivity contribution < 1.29 is 13.9 Å². The van der Waals surface area contributed by atoms with E-state index in [2.05, 4.69) is 41.1 Å². The minimum absolute atomic E-state index is 0.00666. The second-order valence-electron chi connectivity index (χ2n) is 8.20. The van der Waals surface area contributed by atoms with Crippen molar-refractivity contribution in [3.05, 3.63) is 65.9 Å². The summed E-state index contributed by atoms with van der Waals surface area (Å²) in [7, 11) is 2.00. The molecule has 6 nitrogen and oxygen atoms in total. The molecule has 1 unspecified atom stereocenters. The fourth-order valence-corrected chi connectivity index (χ4v) is 4.71. The fraction of sp³-hybridized carbons (Fsp3) is 0.320. The Labute approximate surface area is 192 Å². The number of nitrogens with zero attached hydrogens (tertiary/aromatic N) is 3. The molecule has 0 fully saturated rings. The molecule has 2 heterocycles. The van der Waals surface area contributed by atoms with E-state index in [0.717, 1.165) is 16.9 Å². The molecule has 1 aliphatic rings. The maximum Gasteiger partial charge on any atom is 0.277 e. The molecule has 4 rings (SSSR count). The number of fused-ring (bicyclic) bond motifs is 1. The van der Waals surface area contributed by atoms with Crippen molar-refractivity contribution >= 4 is 23.2 Å². The highest BCUT2D eigenvalue weighted by molar-refractivity contribution is 8.00. The van der Waals surface area contributed by atoms with Gasteiger partial charge in [0.2, 0.25) is 0 Å². The van der Waals surface area contributed by atoms with Crippen molar-refractivity contribution in [2.45, 2.75) is 43.6 Å². The summed E-state index contributed by atoms with van der Waals surface area (Å²) in [4.78, 5) is 15.2. The smallest absolute Gasteiger partial charge is 0.277 e. The second-order valence-corrected chi connectivity index (χ2v) is 9.49. The average Bonchev–Trinajstić information content (AvgIpc) is 3.31. The summed E-state index contributed by atoms with van der Waals surface area (Å²) in [5.41, 5.74) is 3.82. The summed E-state index contributed by atoms with van der Waals surface area (Å²) < 4.78 is 11.5. The zero-order valence-corrected chi connectivity index (χ0v) is 19.8. The van der Waals surface area contributed by atoms with Crippen molar-refractivity contribution in [3.63, 3.8) is 0 Å². The summed E-state index contributed by atoms with van der Waals surface area (Å²) in [6, 6.07) is 15.8. The molecule has 7 heteroatoms. The Balaban J connectivity index is 1.51. The molecule has 166 valence electrons. The first kappa shape index (κ1) is 22.1. The fourth-order valence-electron chi connectivity index (χ4n) is 4.01. The van der Waals surface area contributed by atoms with Crippen molar-refractivity contribution in [2.24, 2.45) is 0 Å². The van der Waals surface area contributed by atoms with Gasteiger partial charge < -0.3 is 14.1 Å². The topological polar surface area (TPSA) is 68.5 Å². The number of ketones is 1. The van der Waals surface area contributed by atoms with Gasteiger partial charge in [-0.05, 0) is 37.6 Å². The van der Waals surface area contributed by atoms with Gasteiger partial charge in [0.15, 0.2) is 5.78 Å². The largest absolute Gasteiger partial charge is 0.493 e. The number of hydrogen-bond donors (Lipinski definition) is 0. The van der Waals surface area contributed by atoms with Crippen LogP contribution >= 0.6 is 11.8 Å². The highest BCUT2D eigenvalue weighted by atomic mass is 32.2. The molecule has 2 aromatic carbocycles. The van der Waals surface area contributed by atoms with E-state index in [0.29, 0.717) is 23.5 Å². The van der Waals surface area contributed by atoms with E-state index in [-0.39, 0.29) is 16.4 Å². The van der Waals surface area contributed by atoms with Crippen LogP contribution in [0, 0.1) is 0 Å². The number of rotatable bonds is 7. The molecule has 0 aliphatic carbocycles. The zero-order valence-electron chi connectivity index (χ0n) is 19.0. The van der Waals surface area contributed by atoms with Gasteiger partial charge in [-0.15, -0.1) is 10.2 Å². The van der Waals surface area contributed by atoms with Gasteiger partial charge in [0.1, 0.15) is 5.75 Å². The van der Waals surface area contributed by atoms with E-state index in [1.165, 1.54) is 17.3 Å². The Hall–Kier alpha value is -3.06. The third-order valence-corrected chi connectivity index (χ3v) is 6.67. The van der Waals surface area contributed by atoms with Gasteiger partial charge in [-0.25, -0.2) is 0 Å². The lowest BCUT2D eigenvalue weighted by Crippen LogP contribution is -2.25. The molecule has 1 aromatic heterocycles. The van der Waals surface area contributed by atoms with Crippen LogP contribution in [0.1, 0.15) is 33.3 Å². The Bertz CT molecular complexity index is 1170. The van der Waals surface area contributed by atoms with Crippen LogP contribution in [0.3, 0.4) is 0 Å². The molecular weight excluding hydrogens is 422 g/mol. The summed E-state index contributed by atoms with van der Waals surface area (Å²) in [6.07, 6.45) is 1.75. The molecule has 3 aromatic rings.